The van der Waals surface area contributed by atoms with E-state index in [1.165, 1.54) is 24.3 Å². The number of carboxylic acids is 1. The maximum Gasteiger partial charge on any atom is 0.417 e. The van der Waals surface area contributed by atoms with Crippen molar-refractivity contribution in [1.82, 2.24) is 15.3 Å². The number of nitrogens with zero attached hydrogens (tertiary/aromatic N) is 1. The van der Waals surface area contributed by atoms with E-state index in [0.29, 0.717) is 12.4 Å². The minimum Gasteiger partial charge on any atom is -0.480 e. The van der Waals surface area contributed by atoms with E-state index < -0.39 is 47.0 Å². The summed E-state index contributed by atoms with van der Waals surface area (Å²) in [7, 11) is 0. The van der Waals surface area contributed by atoms with Crippen molar-refractivity contribution in [2.75, 3.05) is 0 Å². The number of halogens is 6. The van der Waals surface area contributed by atoms with E-state index in [0.717, 1.165) is 41.0 Å². The fraction of sp³-hybridized carbons (Fsp3) is 0.118. The Morgan fingerprint density at radius 2 is 1.38 bits per heavy atom. The molecule has 0 aliphatic heterocycles. The van der Waals surface area contributed by atoms with Gasteiger partial charge < -0.3 is 20.1 Å². The number of aliphatic carboxylic acids is 1. The van der Waals surface area contributed by atoms with E-state index in [1.54, 1.807) is 0 Å². The average Bonchev–Trinajstić information content (AvgIpc) is 3.05. The van der Waals surface area contributed by atoms with Crippen LogP contribution < -0.4 is 15.6 Å². The highest BCUT2D eigenvalue weighted by molar-refractivity contribution is 5.96. The molecule has 0 saturated carbocycles. The minimum absolute atomic E-state index is 0.0468. The number of rotatable bonds is 8. The Balaban J connectivity index is 0.000000401. The van der Waals surface area contributed by atoms with Gasteiger partial charge in [0.15, 0.2) is 0 Å². The zero-order valence-electron chi connectivity index (χ0n) is 24.5. The summed E-state index contributed by atoms with van der Waals surface area (Å²) in [5.41, 5.74) is 0.688. The summed E-state index contributed by atoms with van der Waals surface area (Å²) in [6, 6.07) is 25.3. The summed E-state index contributed by atoms with van der Waals surface area (Å²) >= 11 is 0. The van der Waals surface area contributed by atoms with Gasteiger partial charge in [-0.15, -0.1) is 0 Å². The highest BCUT2D eigenvalue weighted by Crippen LogP contribution is 2.30. The first kappa shape index (κ1) is 34.9. The summed E-state index contributed by atoms with van der Waals surface area (Å²) in [6.07, 6.45) is -7.48. The predicted molar refractivity (Wildman–Crippen MR) is 162 cm³/mol. The molecule has 2 aromatic heterocycles. The molecule has 0 aliphatic rings. The van der Waals surface area contributed by atoms with Crippen LogP contribution in [0.1, 0.15) is 27.0 Å². The van der Waals surface area contributed by atoms with Crippen LogP contribution in [0.15, 0.2) is 120 Å². The molecule has 8 nitrogen and oxygen atoms in total. The quantitative estimate of drug-likeness (QED) is 0.148. The molecule has 0 aliphatic carbocycles. The van der Waals surface area contributed by atoms with Gasteiger partial charge in [-0.3, -0.25) is 9.59 Å². The number of hydrogen-bond acceptors (Lipinski definition) is 5. The van der Waals surface area contributed by atoms with Crippen molar-refractivity contribution in [2.45, 2.75) is 24.8 Å². The number of amides is 1. The molecule has 248 valence electrons. The van der Waals surface area contributed by atoms with Crippen LogP contribution in [0, 0.1) is 0 Å². The first-order valence-electron chi connectivity index (χ1n) is 13.9. The molecule has 14 heteroatoms. The van der Waals surface area contributed by atoms with Crippen LogP contribution in [0.5, 0.6) is 11.6 Å². The Kier molecular flexibility index (Phi) is 11.0. The van der Waals surface area contributed by atoms with Crippen molar-refractivity contribution >= 4 is 11.9 Å². The molecule has 48 heavy (non-hydrogen) atoms. The molecule has 0 spiro atoms. The Hall–Kier alpha value is -5.92. The number of H-pyrrole nitrogens is 1. The maximum atomic E-state index is 12.7. The molecule has 3 aromatic carbocycles. The van der Waals surface area contributed by atoms with E-state index in [4.69, 9.17) is 4.74 Å². The number of carboxylic acid groups (broad SMARTS) is 1. The normalized spacial score (nSPS) is 11.9. The van der Waals surface area contributed by atoms with Gasteiger partial charge >= 0.3 is 18.3 Å². The second kappa shape index (κ2) is 15.1. The Morgan fingerprint density at radius 1 is 0.771 bits per heavy atom. The topological polar surface area (TPSA) is 121 Å². The van der Waals surface area contributed by atoms with Crippen molar-refractivity contribution in [3.8, 4) is 22.8 Å². The fourth-order valence-electron chi connectivity index (χ4n) is 4.13. The summed E-state index contributed by atoms with van der Waals surface area (Å²) < 4.78 is 78.8. The molecular formula is C34H25F6N3O5. The van der Waals surface area contributed by atoms with Gasteiger partial charge in [-0.1, -0.05) is 54.6 Å². The molecule has 5 rings (SSSR count). The molecule has 0 radical (unpaired) electrons. The summed E-state index contributed by atoms with van der Waals surface area (Å²) in [4.78, 5) is 40.3. The van der Waals surface area contributed by atoms with Crippen molar-refractivity contribution in [3.05, 3.63) is 148 Å². The summed E-state index contributed by atoms with van der Waals surface area (Å²) in [5.74, 6) is -1.56. The first-order chi connectivity index (χ1) is 22.7. The monoisotopic (exact) mass is 669 g/mol. The van der Waals surface area contributed by atoms with Gasteiger partial charge in [0, 0.05) is 36.5 Å². The number of aromatic amines is 1. The highest BCUT2D eigenvalue weighted by atomic mass is 19.4. The number of benzene rings is 3. The lowest BCUT2D eigenvalue weighted by atomic mass is 10.0. The summed E-state index contributed by atoms with van der Waals surface area (Å²) in [5, 5.41) is 12.1. The lowest BCUT2D eigenvalue weighted by Crippen LogP contribution is -2.42. The van der Waals surface area contributed by atoms with Gasteiger partial charge in [0.1, 0.15) is 11.8 Å². The Labute approximate surface area is 268 Å². The van der Waals surface area contributed by atoms with Crippen LogP contribution in [0.25, 0.3) is 11.1 Å². The number of pyridine rings is 2. The molecular weight excluding hydrogens is 644 g/mol. The fourth-order valence-corrected chi connectivity index (χ4v) is 4.13. The van der Waals surface area contributed by atoms with E-state index in [2.05, 4.69) is 10.3 Å². The molecule has 0 fully saturated rings. The zero-order chi connectivity index (χ0) is 34.9. The largest absolute Gasteiger partial charge is 0.480 e. The molecule has 2 heterocycles. The molecule has 3 N–H and O–H groups in total. The number of carbonyl (C=O) groups is 2. The van der Waals surface area contributed by atoms with Crippen LogP contribution in [-0.2, 0) is 23.6 Å². The number of aromatic nitrogens is 2. The number of ether oxygens (including phenoxy) is 1. The number of nitrogens with one attached hydrogen (secondary N) is 2. The number of hydrogen-bond donors (Lipinski definition) is 3. The van der Waals surface area contributed by atoms with Gasteiger partial charge in [-0.25, -0.2) is 9.78 Å². The lowest BCUT2D eigenvalue weighted by Gasteiger charge is -2.15. The van der Waals surface area contributed by atoms with Crippen molar-refractivity contribution < 1.29 is 45.8 Å². The van der Waals surface area contributed by atoms with Crippen LogP contribution in [0.2, 0.25) is 0 Å². The van der Waals surface area contributed by atoms with Crippen molar-refractivity contribution in [3.63, 3.8) is 0 Å². The SMILES string of the molecule is O=C(N[C@@H](Cc1ccc(-c2ccccc2)cc1)C(=O)O)c1ccc(Oc2ccc(C(F)(F)F)cn2)cc1.O=c1ccc(C(F)(F)F)c[nH]1. The van der Waals surface area contributed by atoms with Crippen LogP contribution in [0.4, 0.5) is 26.3 Å². The molecule has 5 aromatic rings. The third-order valence-corrected chi connectivity index (χ3v) is 6.62. The third kappa shape index (κ3) is 10.0. The first-order valence-corrected chi connectivity index (χ1v) is 13.9. The molecule has 0 bridgehead atoms. The van der Waals surface area contributed by atoms with Gasteiger partial charge in [-0.2, -0.15) is 26.3 Å². The van der Waals surface area contributed by atoms with Crippen LogP contribution >= 0.6 is 0 Å². The van der Waals surface area contributed by atoms with Gasteiger partial charge in [0.2, 0.25) is 11.4 Å². The smallest absolute Gasteiger partial charge is 0.417 e. The Morgan fingerprint density at radius 3 is 1.90 bits per heavy atom. The van der Waals surface area contributed by atoms with Crippen LogP contribution in [0.3, 0.4) is 0 Å². The van der Waals surface area contributed by atoms with Crippen molar-refractivity contribution in [1.29, 1.82) is 0 Å². The Bertz CT molecular complexity index is 1860. The molecule has 1 amide bonds. The van der Waals surface area contributed by atoms with Gasteiger partial charge in [0.25, 0.3) is 5.91 Å². The number of carbonyl (C=O) groups excluding carboxylic acids is 1. The van der Waals surface area contributed by atoms with Crippen molar-refractivity contribution in [2.24, 2.45) is 0 Å². The predicted octanol–water partition coefficient (Wildman–Crippen LogP) is 7.38. The minimum atomic E-state index is -4.50. The van der Waals surface area contributed by atoms with Gasteiger partial charge in [0.05, 0.1) is 11.1 Å². The van der Waals surface area contributed by atoms with E-state index >= 15 is 0 Å². The summed E-state index contributed by atoms with van der Waals surface area (Å²) in [6.45, 7) is 0. The number of alkyl halides is 6. The zero-order valence-corrected chi connectivity index (χ0v) is 24.5. The second-order valence-electron chi connectivity index (χ2n) is 10.1. The van der Waals surface area contributed by atoms with E-state index in [1.807, 2.05) is 59.6 Å². The highest BCUT2D eigenvalue weighted by Gasteiger charge is 2.31. The second-order valence-corrected chi connectivity index (χ2v) is 10.1. The molecule has 1 atom stereocenters. The van der Waals surface area contributed by atoms with Gasteiger partial charge in [-0.05, 0) is 53.1 Å². The standard InChI is InChI=1S/C28H21F3N2O4.C6H4F3NO/c29-28(30,31)22-12-15-25(32-17-22)37-23-13-10-21(11-14-23)26(34)33-24(27(35)36)16-18-6-8-20(9-7-18)19-4-2-1-3-5-19;7-6(8,9)4-1-2-5(11)10-3-4/h1-15,17,24H,16H2,(H,33,34)(H,35,36);1-3H,(H,10,11)/t24-;/m0./s1. The van der Waals surface area contributed by atoms with E-state index in [-0.39, 0.29) is 23.6 Å². The van der Waals surface area contributed by atoms with Crippen LogP contribution in [-0.4, -0.2) is 33.0 Å². The molecule has 0 unspecified atom stereocenters. The average molecular weight is 670 g/mol. The van der Waals surface area contributed by atoms with E-state index in [9.17, 15) is 45.8 Å². The maximum absolute atomic E-state index is 12.7. The third-order valence-electron chi connectivity index (χ3n) is 6.62. The molecule has 0 saturated heterocycles. The lowest BCUT2D eigenvalue weighted by molar-refractivity contribution is -0.139.